The van der Waals surface area contributed by atoms with Crippen molar-refractivity contribution >= 4 is 0 Å². The highest BCUT2D eigenvalue weighted by Gasteiger charge is 2.33. The highest BCUT2D eigenvalue weighted by atomic mass is 19.3. The monoisotopic (exact) mass is 295 g/mol. The van der Waals surface area contributed by atoms with Gasteiger partial charge in [0.1, 0.15) is 0 Å². The Labute approximate surface area is 124 Å². The first kappa shape index (κ1) is 14.9. The quantitative estimate of drug-likeness (QED) is 0.905. The van der Waals surface area contributed by atoms with E-state index >= 15 is 0 Å². The van der Waals surface area contributed by atoms with Crippen LogP contribution < -0.4 is 5.73 Å². The lowest BCUT2D eigenvalue weighted by molar-refractivity contribution is 0.0935. The molecule has 3 nitrogen and oxygen atoms in total. The maximum absolute atomic E-state index is 12.9. The lowest BCUT2D eigenvalue weighted by Crippen LogP contribution is -2.49. The molecule has 0 bridgehead atoms. The number of nitrogens with two attached hydrogens (primary N) is 1. The number of hydrogen-bond donors (Lipinski definition) is 1. The highest BCUT2D eigenvalue weighted by molar-refractivity contribution is 5.27. The fourth-order valence-electron chi connectivity index (χ4n) is 3.25. The van der Waals surface area contributed by atoms with Gasteiger partial charge in [0.25, 0.3) is 6.43 Å². The normalized spacial score (nSPS) is 22.7. The summed E-state index contributed by atoms with van der Waals surface area (Å²) in [4.78, 5) is 4.88. The number of nitrogens with zero attached hydrogens (tertiary/aromatic N) is 2. The van der Waals surface area contributed by atoms with E-state index in [2.05, 4.69) is 9.80 Å². The van der Waals surface area contributed by atoms with Gasteiger partial charge in [-0.15, -0.1) is 0 Å². The fraction of sp³-hybridized carbons (Fsp3) is 0.625. The van der Waals surface area contributed by atoms with Crippen molar-refractivity contribution in [3.8, 4) is 0 Å². The van der Waals surface area contributed by atoms with Crippen molar-refractivity contribution in [3.05, 3.63) is 35.4 Å². The standard InChI is InChI=1S/C16H23F2N3/c17-16(18)13-3-1-2-12(10-13)15(11-19)21-8-6-20(7-9-21)14-4-5-14/h1-3,10,14-16H,4-9,11,19H2. The first-order valence-corrected chi connectivity index (χ1v) is 7.75. The van der Waals surface area contributed by atoms with Crippen LogP contribution in [0.25, 0.3) is 0 Å². The van der Waals surface area contributed by atoms with Crippen LogP contribution in [-0.2, 0) is 0 Å². The largest absolute Gasteiger partial charge is 0.329 e. The Bertz CT molecular complexity index is 468. The first-order valence-electron chi connectivity index (χ1n) is 7.75. The lowest BCUT2D eigenvalue weighted by Gasteiger charge is -2.39. The van der Waals surface area contributed by atoms with Gasteiger partial charge in [-0.2, -0.15) is 0 Å². The smallest absolute Gasteiger partial charge is 0.263 e. The van der Waals surface area contributed by atoms with Crippen LogP contribution in [-0.4, -0.2) is 48.6 Å². The molecule has 0 spiro atoms. The Morgan fingerprint density at radius 3 is 2.33 bits per heavy atom. The summed E-state index contributed by atoms with van der Waals surface area (Å²) in [6.45, 7) is 4.54. The third-order valence-corrected chi connectivity index (χ3v) is 4.62. The molecule has 1 saturated heterocycles. The van der Waals surface area contributed by atoms with Crippen LogP contribution in [0.4, 0.5) is 8.78 Å². The van der Waals surface area contributed by atoms with Gasteiger partial charge in [-0.05, 0) is 24.5 Å². The van der Waals surface area contributed by atoms with Crippen LogP contribution in [0.1, 0.15) is 36.4 Å². The molecule has 1 aliphatic heterocycles. The number of rotatable bonds is 5. The molecule has 1 saturated carbocycles. The average molecular weight is 295 g/mol. The molecule has 0 aromatic heterocycles. The summed E-state index contributed by atoms with van der Waals surface area (Å²) < 4.78 is 25.7. The molecule has 21 heavy (non-hydrogen) atoms. The second kappa shape index (κ2) is 6.38. The van der Waals surface area contributed by atoms with Crippen molar-refractivity contribution < 1.29 is 8.78 Å². The van der Waals surface area contributed by atoms with Crippen molar-refractivity contribution in [1.82, 2.24) is 9.80 Å². The molecule has 1 aromatic carbocycles. The van der Waals surface area contributed by atoms with Gasteiger partial charge in [-0.3, -0.25) is 9.80 Å². The van der Waals surface area contributed by atoms with Crippen molar-refractivity contribution in [1.29, 1.82) is 0 Å². The molecule has 0 amide bonds. The molecule has 1 aliphatic carbocycles. The summed E-state index contributed by atoms with van der Waals surface area (Å²) >= 11 is 0. The summed E-state index contributed by atoms with van der Waals surface area (Å²) in [6.07, 6.45) is 0.239. The number of halogens is 2. The minimum absolute atomic E-state index is 0.0463. The van der Waals surface area contributed by atoms with E-state index in [-0.39, 0.29) is 11.6 Å². The van der Waals surface area contributed by atoms with Crippen LogP contribution >= 0.6 is 0 Å². The third kappa shape index (κ3) is 3.42. The van der Waals surface area contributed by atoms with E-state index in [0.717, 1.165) is 37.8 Å². The molecule has 2 N–H and O–H groups in total. The summed E-state index contributed by atoms with van der Waals surface area (Å²) in [7, 11) is 0. The van der Waals surface area contributed by atoms with Crippen LogP contribution in [0.3, 0.4) is 0 Å². The van der Waals surface area contributed by atoms with Crippen LogP contribution in [0, 0.1) is 0 Å². The lowest BCUT2D eigenvalue weighted by atomic mass is 10.0. The molecular weight excluding hydrogens is 272 g/mol. The molecule has 1 aromatic rings. The van der Waals surface area contributed by atoms with Crippen LogP contribution in [0.5, 0.6) is 0 Å². The van der Waals surface area contributed by atoms with E-state index in [1.54, 1.807) is 12.1 Å². The van der Waals surface area contributed by atoms with Gasteiger partial charge < -0.3 is 5.73 Å². The number of alkyl halides is 2. The molecular formula is C16H23F2N3. The van der Waals surface area contributed by atoms with E-state index in [4.69, 9.17) is 5.73 Å². The van der Waals surface area contributed by atoms with E-state index in [1.807, 2.05) is 6.07 Å². The summed E-state index contributed by atoms with van der Waals surface area (Å²) in [5, 5.41) is 0. The van der Waals surface area contributed by atoms with E-state index in [9.17, 15) is 8.78 Å². The number of piperazine rings is 1. The van der Waals surface area contributed by atoms with Gasteiger partial charge in [-0.1, -0.05) is 18.2 Å². The van der Waals surface area contributed by atoms with Crippen molar-refractivity contribution in [2.45, 2.75) is 31.4 Å². The highest BCUT2D eigenvalue weighted by Crippen LogP contribution is 2.30. The molecule has 0 radical (unpaired) electrons. The topological polar surface area (TPSA) is 32.5 Å². The summed E-state index contributed by atoms with van der Waals surface area (Å²) in [6, 6.07) is 7.55. The SMILES string of the molecule is NCC(c1cccc(C(F)F)c1)N1CCN(C2CC2)CC1. The zero-order valence-electron chi connectivity index (χ0n) is 12.2. The zero-order valence-corrected chi connectivity index (χ0v) is 12.2. The van der Waals surface area contributed by atoms with Crippen molar-refractivity contribution in [2.24, 2.45) is 5.73 Å². The van der Waals surface area contributed by atoms with Gasteiger partial charge >= 0.3 is 0 Å². The second-order valence-electron chi connectivity index (χ2n) is 6.03. The summed E-state index contributed by atoms with van der Waals surface area (Å²) in [5.74, 6) is 0. The molecule has 1 heterocycles. The second-order valence-corrected chi connectivity index (χ2v) is 6.03. The molecule has 5 heteroatoms. The predicted molar refractivity (Wildman–Crippen MR) is 79.4 cm³/mol. The molecule has 116 valence electrons. The van der Waals surface area contributed by atoms with Crippen molar-refractivity contribution in [3.63, 3.8) is 0 Å². The van der Waals surface area contributed by atoms with Gasteiger partial charge in [0.15, 0.2) is 0 Å². The van der Waals surface area contributed by atoms with Gasteiger partial charge in [0.2, 0.25) is 0 Å². The van der Waals surface area contributed by atoms with Crippen LogP contribution in [0.2, 0.25) is 0 Å². The molecule has 1 atom stereocenters. The van der Waals surface area contributed by atoms with E-state index in [0.29, 0.717) is 6.54 Å². The Kier molecular flexibility index (Phi) is 4.52. The predicted octanol–water partition coefficient (Wildman–Crippen LogP) is 2.40. The average Bonchev–Trinajstić information content (AvgIpc) is 3.34. The first-order chi connectivity index (χ1) is 10.2. The molecule has 2 fully saturated rings. The Morgan fingerprint density at radius 1 is 1.10 bits per heavy atom. The Hall–Kier alpha value is -1.04. The molecule has 3 rings (SSSR count). The maximum atomic E-state index is 12.9. The zero-order chi connectivity index (χ0) is 14.8. The Balaban J connectivity index is 1.68. The Morgan fingerprint density at radius 2 is 1.76 bits per heavy atom. The van der Waals surface area contributed by atoms with Gasteiger partial charge in [-0.25, -0.2) is 8.78 Å². The van der Waals surface area contributed by atoms with Gasteiger partial charge in [0.05, 0.1) is 0 Å². The fourth-order valence-corrected chi connectivity index (χ4v) is 3.25. The maximum Gasteiger partial charge on any atom is 0.263 e. The minimum atomic E-state index is -2.42. The molecule has 1 unspecified atom stereocenters. The summed E-state index contributed by atoms with van der Waals surface area (Å²) in [5.41, 5.74) is 6.92. The molecule has 2 aliphatic rings. The van der Waals surface area contributed by atoms with E-state index < -0.39 is 6.43 Å². The minimum Gasteiger partial charge on any atom is -0.329 e. The van der Waals surface area contributed by atoms with E-state index in [1.165, 1.54) is 18.9 Å². The van der Waals surface area contributed by atoms with Gasteiger partial charge in [0, 0.05) is 50.4 Å². The van der Waals surface area contributed by atoms with Crippen molar-refractivity contribution in [2.75, 3.05) is 32.7 Å². The van der Waals surface area contributed by atoms with Crippen LogP contribution in [0.15, 0.2) is 24.3 Å². The number of benzene rings is 1. The third-order valence-electron chi connectivity index (χ3n) is 4.62. The number of hydrogen-bond acceptors (Lipinski definition) is 3.